The molecular weight excluding hydrogens is 240 g/mol. The summed E-state index contributed by atoms with van der Waals surface area (Å²) in [7, 11) is 0. The number of para-hydroxylation sites is 2. The van der Waals surface area contributed by atoms with Gasteiger partial charge >= 0.3 is 0 Å². The van der Waals surface area contributed by atoms with Gasteiger partial charge in [-0.1, -0.05) is 12.1 Å². The molecule has 0 aliphatic heterocycles. The van der Waals surface area contributed by atoms with Crippen LogP contribution >= 0.6 is 0 Å². The van der Waals surface area contributed by atoms with Gasteiger partial charge in [0.25, 0.3) is 0 Å². The molecule has 3 rings (SSSR count). The standard InChI is InChI=1S/C14H14N4O/c1-10(19)14-15-6-7-18(14)9-11-8-16-12-4-2-3-5-13(12)17-11/h2-8,10,19H,9H2,1H3. The van der Waals surface area contributed by atoms with E-state index in [-0.39, 0.29) is 0 Å². The van der Waals surface area contributed by atoms with Crippen LogP contribution in [-0.2, 0) is 6.54 Å². The molecule has 5 heteroatoms. The molecule has 2 aromatic heterocycles. The largest absolute Gasteiger partial charge is 0.385 e. The van der Waals surface area contributed by atoms with Crippen LogP contribution in [0.4, 0.5) is 0 Å². The van der Waals surface area contributed by atoms with Crippen LogP contribution in [0.5, 0.6) is 0 Å². The summed E-state index contributed by atoms with van der Waals surface area (Å²) < 4.78 is 1.88. The van der Waals surface area contributed by atoms with Crippen LogP contribution in [0.25, 0.3) is 11.0 Å². The van der Waals surface area contributed by atoms with Gasteiger partial charge < -0.3 is 9.67 Å². The van der Waals surface area contributed by atoms with Gasteiger partial charge in [0, 0.05) is 12.4 Å². The number of fused-ring (bicyclic) bond motifs is 1. The second kappa shape index (κ2) is 4.78. The molecule has 1 aromatic carbocycles. The molecule has 5 nitrogen and oxygen atoms in total. The number of benzene rings is 1. The molecule has 0 bridgehead atoms. The Morgan fingerprint density at radius 3 is 2.79 bits per heavy atom. The molecule has 1 unspecified atom stereocenters. The average Bonchev–Trinajstić information content (AvgIpc) is 2.87. The number of hydrogen-bond acceptors (Lipinski definition) is 4. The molecule has 96 valence electrons. The Kier molecular flexibility index (Phi) is 2.97. The Hall–Kier alpha value is -2.27. The third kappa shape index (κ3) is 2.32. The molecule has 1 N–H and O–H groups in total. The fraction of sp³-hybridized carbons (Fsp3) is 0.214. The first-order valence-corrected chi connectivity index (χ1v) is 6.14. The van der Waals surface area contributed by atoms with Crippen LogP contribution in [-0.4, -0.2) is 24.6 Å². The van der Waals surface area contributed by atoms with Crippen LogP contribution in [0.1, 0.15) is 24.5 Å². The van der Waals surface area contributed by atoms with Crippen molar-refractivity contribution in [2.45, 2.75) is 19.6 Å². The maximum atomic E-state index is 9.62. The summed E-state index contributed by atoms with van der Waals surface area (Å²) >= 11 is 0. The van der Waals surface area contributed by atoms with Gasteiger partial charge in [0.1, 0.15) is 11.9 Å². The van der Waals surface area contributed by atoms with Gasteiger partial charge in [-0.2, -0.15) is 0 Å². The molecule has 0 spiro atoms. The Balaban J connectivity index is 1.94. The van der Waals surface area contributed by atoms with Crippen molar-refractivity contribution in [1.29, 1.82) is 0 Å². The smallest absolute Gasteiger partial charge is 0.137 e. The van der Waals surface area contributed by atoms with E-state index < -0.39 is 6.10 Å². The highest BCUT2D eigenvalue weighted by Gasteiger charge is 2.09. The van der Waals surface area contributed by atoms with E-state index in [9.17, 15) is 5.11 Å². The summed E-state index contributed by atoms with van der Waals surface area (Å²) in [4.78, 5) is 13.1. The summed E-state index contributed by atoms with van der Waals surface area (Å²) in [5.74, 6) is 0.634. The lowest BCUT2D eigenvalue weighted by Crippen LogP contribution is -2.08. The highest BCUT2D eigenvalue weighted by Crippen LogP contribution is 2.13. The van der Waals surface area contributed by atoms with Gasteiger partial charge in [0.15, 0.2) is 0 Å². The van der Waals surface area contributed by atoms with Gasteiger partial charge in [-0.25, -0.2) is 9.97 Å². The first-order valence-electron chi connectivity index (χ1n) is 6.14. The predicted molar refractivity (Wildman–Crippen MR) is 71.5 cm³/mol. The van der Waals surface area contributed by atoms with E-state index in [1.54, 1.807) is 19.3 Å². The van der Waals surface area contributed by atoms with Crippen molar-refractivity contribution >= 4 is 11.0 Å². The highest BCUT2D eigenvalue weighted by atomic mass is 16.3. The minimum absolute atomic E-state index is 0.554. The van der Waals surface area contributed by atoms with Crippen molar-refractivity contribution in [1.82, 2.24) is 19.5 Å². The van der Waals surface area contributed by atoms with Gasteiger partial charge in [0.2, 0.25) is 0 Å². The van der Waals surface area contributed by atoms with E-state index in [0.717, 1.165) is 16.7 Å². The Morgan fingerprint density at radius 2 is 2.00 bits per heavy atom. The second-order valence-electron chi connectivity index (χ2n) is 4.44. The Morgan fingerprint density at radius 1 is 1.21 bits per heavy atom. The summed E-state index contributed by atoms with van der Waals surface area (Å²) in [6.45, 7) is 2.25. The fourth-order valence-corrected chi connectivity index (χ4v) is 2.07. The molecule has 2 heterocycles. The third-order valence-corrected chi connectivity index (χ3v) is 2.95. The van der Waals surface area contributed by atoms with Crippen LogP contribution < -0.4 is 0 Å². The lowest BCUT2D eigenvalue weighted by molar-refractivity contribution is 0.184. The first-order chi connectivity index (χ1) is 9.24. The summed E-state index contributed by atoms with van der Waals surface area (Å²) in [5.41, 5.74) is 2.60. The van der Waals surface area contributed by atoms with Crippen LogP contribution in [0, 0.1) is 0 Å². The number of aliphatic hydroxyl groups is 1. The Labute approximate surface area is 110 Å². The number of nitrogens with zero attached hydrogens (tertiary/aromatic N) is 4. The van der Waals surface area contributed by atoms with E-state index >= 15 is 0 Å². The number of hydrogen-bond donors (Lipinski definition) is 1. The molecule has 0 aliphatic carbocycles. The topological polar surface area (TPSA) is 63.8 Å². The first kappa shape index (κ1) is 11.8. The lowest BCUT2D eigenvalue weighted by Gasteiger charge is -2.09. The maximum Gasteiger partial charge on any atom is 0.137 e. The van der Waals surface area contributed by atoms with E-state index in [1.807, 2.05) is 35.0 Å². The van der Waals surface area contributed by atoms with Crippen molar-refractivity contribution in [3.63, 3.8) is 0 Å². The van der Waals surface area contributed by atoms with E-state index in [4.69, 9.17) is 0 Å². The third-order valence-electron chi connectivity index (χ3n) is 2.95. The minimum Gasteiger partial charge on any atom is -0.385 e. The van der Waals surface area contributed by atoms with Crippen molar-refractivity contribution in [2.24, 2.45) is 0 Å². The highest BCUT2D eigenvalue weighted by molar-refractivity contribution is 5.73. The Bertz CT molecular complexity index is 705. The van der Waals surface area contributed by atoms with Gasteiger partial charge in [-0.15, -0.1) is 0 Å². The molecule has 0 amide bonds. The van der Waals surface area contributed by atoms with Crippen molar-refractivity contribution in [3.05, 3.63) is 54.4 Å². The fourth-order valence-electron chi connectivity index (χ4n) is 2.07. The SMILES string of the molecule is CC(O)c1nccn1Cc1cnc2ccccc2n1. The normalized spacial score (nSPS) is 12.7. The zero-order chi connectivity index (χ0) is 13.2. The van der Waals surface area contributed by atoms with E-state index in [2.05, 4.69) is 15.0 Å². The van der Waals surface area contributed by atoms with Crippen molar-refractivity contribution < 1.29 is 5.11 Å². The maximum absolute atomic E-state index is 9.62. The summed E-state index contributed by atoms with van der Waals surface area (Å²) in [6, 6.07) is 7.76. The summed E-state index contributed by atoms with van der Waals surface area (Å²) in [5, 5.41) is 9.62. The van der Waals surface area contributed by atoms with Crippen LogP contribution in [0.15, 0.2) is 42.9 Å². The van der Waals surface area contributed by atoms with Gasteiger partial charge in [-0.05, 0) is 19.1 Å². The molecule has 0 radical (unpaired) electrons. The van der Waals surface area contributed by atoms with Crippen LogP contribution in [0.3, 0.4) is 0 Å². The van der Waals surface area contributed by atoms with Gasteiger partial charge in [-0.3, -0.25) is 4.98 Å². The molecular formula is C14H14N4O. The zero-order valence-electron chi connectivity index (χ0n) is 10.6. The average molecular weight is 254 g/mol. The molecule has 0 saturated carbocycles. The quantitative estimate of drug-likeness (QED) is 0.775. The molecule has 1 atom stereocenters. The van der Waals surface area contributed by atoms with Crippen LogP contribution in [0.2, 0.25) is 0 Å². The summed E-state index contributed by atoms with van der Waals surface area (Å²) in [6.07, 6.45) is 4.67. The van der Waals surface area contributed by atoms with Crippen molar-refractivity contribution in [2.75, 3.05) is 0 Å². The monoisotopic (exact) mass is 254 g/mol. The molecule has 0 aliphatic rings. The number of aliphatic hydroxyl groups excluding tert-OH is 1. The van der Waals surface area contributed by atoms with E-state index in [1.165, 1.54) is 0 Å². The molecule has 3 aromatic rings. The predicted octanol–water partition coefficient (Wildman–Crippen LogP) is 1.93. The van der Waals surface area contributed by atoms with Crippen molar-refractivity contribution in [3.8, 4) is 0 Å². The minimum atomic E-state index is -0.594. The van der Waals surface area contributed by atoms with Gasteiger partial charge in [0.05, 0.1) is 29.5 Å². The zero-order valence-corrected chi connectivity index (χ0v) is 10.6. The molecule has 19 heavy (non-hydrogen) atoms. The number of rotatable bonds is 3. The molecule has 0 saturated heterocycles. The lowest BCUT2D eigenvalue weighted by atomic mass is 10.3. The number of aromatic nitrogens is 4. The second-order valence-corrected chi connectivity index (χ2v) is 4.44. The molecule has 0 fully saturated rings. The van der Waals surface area contributed by atoms with E-state index in [0.29, 0.717) is 12.4 Å². The number of imidazole rings is 1.